The lowest BCUT2D eigenvalue weighted by atomic mass is 10.2. The number of aromatic nitrogens is 1. The maximum atomic E-state index is 12.4. The average Bonchev–Trinajstić information content (AvgIpc) is 3.10. The number of nitrogens with one attached hydrogen (secondary N) is 2. The first-order chi connectivity index (χ1) is 14.2. The summed E-state index contributed by atoms with van der Waals surface area (Å²) < 4.78 is 24.8. The van der Waals surface area contributed by atoms with Gasteiger partial charge >= 0.3 is 6.03 Å². The summed E-state index contributed by atoms with van der Waals surface area (Å²) >= 11 is 18.8. The van der Waals surface area contributed by atoms with Crippen LogP contribution in [-0.2, 0) is 27.9 Å². The molecule has 0 fully saturated rings. The normalized spacial score (nSPS) is 11.3. The number of hydrogen-bond acceptors (Lipinski definition) is 5. The van der Waals surface area contributed by atoms with Gasteiger partial charge in [-0.15, -0.1) is 11.3 Å². The highest BCUT2D eigenvalue weighted by atomic mass is 35.5. The number of urea groups is 1. The highest BCUT2D eigenvalue weighted by Gasteiger charge is 2.16. The van der Waals surface area contributed by atoms with Gasteiger partial charge in [0.1, 0.15) is 0 Å². The van der Waals surface area contributed by atoms with E-state index in [2.05, 4.69) is 15.6 Å². The lowest BCUT2D eigenvalue weighted by Crippen LogP contribution is -2.28. The van der Waals surface area contributed by atoms with Crippen molar-refractivity contribution in [3.8, 4) is 0 Å². The van der Waals surface area contributed by atoms with Crippen LogP contribution < -0.4 is 10.6 Å². The fraction of sp³-hybridized carbons (Fsp3) is 0.158. The molecule has 0 aliphatic rings. The molecular weight excluding hydrogens is 489 g/mol. The molecule has 2 aromatic carbocycles. The fourth-order valence-corrected chi connectivity index (χ4v) is 5.17. The summed E-state index contributed by atoms with van der Waals surface area (Å²) in [5.74, 6) is -0.340. The zero-order chi connectivity index (χ0) is 21.7. The molecule has 6 nitrogen and oxygen atoms in total. The van der Waals surface area contributed by atoms with Gasteiger partial charge in [0.15, 0.2) is 15.0 Å². The van der Waals surface area contributed by atoms with E-state index in [0.29, 0.717) is 31.5 Å². The minimum absolute atomic E-state index is 0.116. The standard InChI is InChI=1S/C19H16Cl3N3O3S2/c20-14-4-1-12(2-5-14)10-30(27,28)11-15-9-29-19(24-15)25-18(26)23-8-13-3-6-16(21)17(22)7-13/h1-7,9H,8,10-11H2,(H2,23,24,25,26). The van der Waals surface area contributed by atoms with Crippen LogP contribution in [0.3, 0.4) is 0 Å². The lowest BCUT2D eigenvalue weighted by Gasteiger charge is -2.06. The van der Waals surface area contributed by atoms with Gasteiger partial charge in [0.25, 0.3) is 0 Å². The third kappa shape index (κ3) is 6.85. The molecule has 0 radical (unpaired) electrons. The van der Waals surface area contributed by atoms with Crippen molar-refractivity contribution in [1.29, 1.82) is 0 Å². The molecule has 3 rings (SSSR count). The zero-order valence-electron chi connectivity index (χ0n) is 15.4. The molecule has 158 valence electrons. The minimum Gasteiger partial charge on any atom is -0.334 e. The molecule has 0 saturated carbocycles. The number of carbonyl (C=O) groups excluding carboxylic acids is 1. The number of rotatable bonds is 7. The summed E-state index contributed by atoms with van der Waals surface area (Å²) in [5.41, 5.74) is 1.80. The van der Waals surface area contributed by atoms with E-state index in [4.69, 9.17) is 34.8 Å². The van der Waals surface area contributed by atoms with Crippen LogP contribution in [0.15, 0.2) is 47.8 Å². The quantitative estimate of drug-likeness (QED) is 0.442. The maximum Gasteiger partial charge on any atom is 0.321 e. The van der Waals surface area contributed by atoms with Crippen LogP contribution in [0, 0.1) is 0 Å². The Morgan fingerprint density at radius 3 is 2.37 bits per heavy atom. The van der Waals surface area contributed by atoms with Gasteiger partial charge in [-0.25, -0.2) is 18.2 Å². The van der Waals surface area contributed by atoms with Crippen molar-refractivity contribution >= 4 is 67.1 Å². The van der Waals surface area contributed by atoms with Crippen molar-refractivity contribution in [2.24, 2.45) is 0 Å². The Balaban J connectivity index is 1.53. The number of amides is 2. The van der Waals surface area contributed by atoms with E-state index in [0.717, 1.165) is 16.9 Å². The third-order valence-electron chi connectivity index (χ3n) is 3.88. The number of anilines is 1. The van der Waals surface area contributed by atoms with Crippen LogP contribution in [0.1, 0.15) is 16.8 Å². The first kappa shape index (κ1) is 22.8. The monoisotopic (exact) mass is 503 g/mol. The Bertz CT molecular complexity index is 1150. The molecule has 1 heterocycles. The van der Waals surface area contributed by atoms with Crippen molar-refractivity contribution in [1.82, 2.24) is 10.3 Å². The molecule has 11 heteroatoms. The Hall–Kier alpha value is -1.84. The van der Waals surface area contributed by atoms with E-state index < -0.39 is 15.9 Å². The maximum absolute atomic E-state index is 12.4. The molecule has 0 unspecified atom stereocenters. The van der Waals surface area contributed by atoms with Gasteiger partial charge in [-0.1, -0.05) is 53.0 Å². The van der Waals surface area contributed by atoms with E-state index in [9.17, 15) is 13.2 Å². The van der Waals surface area contributed by atoms with Crippen LogP contribution in [-0.4, -0.2) is 19.4 Å². The van der Waals surface area contributed by atoms with E-state index in [1.54, 1.807) is 47.8 Å². The van der Waals surface area contributed by atoms with E-state index in [1.807, 2.05) is 0 Å². The van der Waals surface area contributed by atoms with Crippen molar-refractivity contribution < 1.29 is 13.2 Å². The van der Waals surface area contributed by atoms with Gasteiger partial charge in [-0.05, 0) is 35.4 Å². The highest BCUT2D eigenvalue weighted by molar-refractivity contribution is 7.89. The summed E-state index contributed by atoms with van der Waals surface area (Å²) in [6.45, 7) is 0.246. The van der Waals surface area contributed by atoms with Crippen LogP contribution in [0.2, 0.25) is 15.1 Å². The second-order valence-corrected chi connectivity index (χ2v) is 10.5. The van der Waals surface area contributed by atoms with Gasteiger partial charge in [-0.3, -0.25) is 5.32 Å². The predicted octanol–water partition coefficient (Wildman–Crippen LogP) is 5.54. The third-order valence-corrected chi connectivity index (χ3v) is 7.18. The van der Waals surface area contributed by atoms with Gasteiger partial charge in [0.05, 0.1) is 27.2 Å². The molecule has 2 amide bonds. The van der Waals surface area contributed by atoms with Gasteiger partial charge in [0.2, 0.25) is 0 Å². The molecule has 0 saturated heterocycles. The van der Waals surface area contributed by atoms with E-state index >= 15 is 0 Å². The summed E-state index contributed by atoms with van der Waals surface area (Å²) in [6, 6.07) is 11.2. The van der Waals surface area contributed by atoms with Gasteiger partial charge in [-0.2, -0.15) is 0 Å². The number of nitrogens with zero attached hydrogens (tertiary/aromatic N) is 1. The smallest absolute Gasteiger partial charge is 0.321 e. The topological polar surface area (TPSA) is 88.2 Å². The summed E-state index contributed by atoms with van der Waals surface area (Å²) in [4.78, 5) is 16.2. The lowest BCUT2D eigenvalue weighted by molar-refractivity contribution is 0.251. The molecule has 2 N–H and O–H groups in total. The van der Waals surface area contributed by atoms with Crippen LogP contribution in [0.5, 0.6) is 0 Å². The molecule has 1 aromatic heterocycles. The Labute approximate surface area is 193 Å². The zero-order valence-corrected chi connectivity index (χ0v) is 19.3. The van der Waals surface area contributed by atoms with Crippen LogP contribution in [0.25, 0.3) is 0 Å². The Kier molecular flexibility index (Phi) is 7.60. The largest absolute Gasteiger partial charge is 0.334 e. The number of benzene rings is 2. The highest BCUT2D eigenvalue weighted by Crippen LogP contribution is 2.23. The van der Waals surface area contributed by atoms with Gasteiger partial charge < -0.3 is 5.32 Å². The number of carbonyl (C=O) groups is 1. The van der Waals surface area contributed by atoms with E-state index in [-0.39, 0.29) is 18.1 Å². The summed E-state index contributed by atoms with van der Waals surface area (Å²) in [5, 5.41) is 8.56. The molecule has 0 spiro atoms. The summed E-state index contributed by atoms with van der Waals surface area (Å²) in [7, 11) is -3.42. The number of halogens is 3. The second-order valence-electron chi connectivity index (χ2n) is 6.36. The van der Waals surface area contributed by atoms with Gasteiger partial charge in [0, 0.05) is 16.9 Å². The Morgan fingerprint density at radius 2 is 1.67 bits per heavy atom. The molecule has 30 heavy (non-hydrogen) atoms. The molecule has 3 aromatic rings. The van der Waals surface area contributed by atoms with Crippen LogP contribution in [0.4, 0.5) is 9.93 Å². The number of sulfone groups is 1. The number of hydrogen-bond donors (Lipinski definition) is 2. The predicted molar refractivity (Wildman–Crippen MR) is 122 cm³/mol. The Morgan fingerprint density at radius 1 is 0.967 bits per heavy atom. The van der Waals surface area contributed by atoms with Crippen molar-refractivity contribution in [2.75, 3.05) is 5.32 Å². The first-order valence-electron chi connectivity index (χ1n) is 8.58. The minimum atomic E-state index is -3.42. The second kappa shape index (κ2) is 9.98. The van der Waals surface area contributed by atoms with Crippen molar-refractivity contribution in [3.05, 3.63) is 79.7 Å². The van der Waals surface area contributed by atoms with Crippen molar-refractivity contribution in [3.63, 3.8) is 0 Å². The molecular formula is C19H16Cl3N3O3S2. The summed E-state index contributed by atoms with van der Waals surface area (Å²) in [6.07, 6.45) is 0. The number of thiazole rings is 1. The molecule has 0 atom stereocenters. The van der Waals surface area contributed by atoms with Crippen molar-refractivity contribution in [2.45, 2.75) is 18.1 Å². The van der Waals surface area contributed by atoms with Crippen LogP contribution >= 0.6 is 46.1 Å². The molecule has 0 bridgehead atoms. The molecule has 0 aliphatic carbocycles. The fourth-order valence-electron chi connectivity index (χ4n) is 2.51. The molecule has 0 aliphatic heterocycles. The first-order valence-corrected chi connectivity index (χ1v) is 12.4. The average molecular weight is 505 g/mol. The SMILES string of the molecule is O=C(NCc1ccc(Cl)c(Cl)c1)Nc1nc(CS(=O)(=O)Cc2ccc(Cl)cc2)cs1. The van der Waals surface area contributed by atoms with E-state index in [1.165, 1.54) is 0 Å².